The molecule has 161 valence electrons. The zero-order valence-corrected chi connectivity index (χ0v) is 16.6. The molecule has 0 aliphatic carbocycles. The summed E-state index contributed by atoms with van der Waals surface area (Å²) >= 11 is 0. The van der Waals surface area contributed by atoms with Crippen LogP contribution in [0.25, 0.3) is 0 Å². The smallest absolute Gasteiger partial charge is 0.872 e. The number of hydrogen-bond acceptors (Lipinski definition) is 7. The number of carbonyl (C=O) groups is 2. The normalized spacial score (nSPS) is 10.6. The predicted molar refractivity (Wildman–Crippen MR) is 104 cm³/mol. The average molecular weight is 469 g/mol. The first kappa shape index (κ1) is 23.4. The molecular formula is C21H15CuN3O6. The molecule has 10 heteroatoms. The number of rotatable bonds is 6. The summed E-state index contributed by atoms with van der Waals surface area (Å²) in [6.07, 6.45) is 0.272. The predicted octanol–water partition coefficient (Wildman–Crippen LogP) is 2.82. The summed E-state index contributed by atoms with van der Waals surface area (Å²) in [6.45, 7) is 0. The summed E-state index contributed by atoms with van der Waals surface area (Å²) in [7, 11) is 0. The van der Waals surface area contributed by atoms with Gasteiger partial charge in [0, 0.05) is 5.69 Å². The van der Waals surface area contributed by atoms with E-state index >= 15 is 0 Å². The van der Waals surface area contributed by atoms with Crippen LogP contribution < -0.4 is 15.9 Å². The molecule has 0 unspecified atom stereocenters. The molecule has 0 atom stereocenters. The maximum atomic E-state index is 11.7. The van der Waals surface area contributed by atoms with Crippen molar-refractivity contribution in [1.29, 1.82) is 0 Å². The Labute approximate surface area is 187 Å². The number of benzene rings is 3. The molecule has 0 heterocycles. The van der Waals surface area contributed by atoms with E-state index in [0.717, 1.165) is 12.1 Å². The first-order valence-corrected chi connectivity index (χ1v) is 8.62. The van der Waals surface area contributed by atoms with Crippen molar-refractivity contribution in [2.45, 2.75) is 6.42 Å². The fourth-order valence-electron chi connectivity index (χ4n) is 2.77. The van der Waals surface area contributed by atoms with Crippen LogP contribution in [0.1, 0.15) is 31.8 Å². The van der Waals surface area contributed by atoms with Crippen LogP contribution in [-0.2, 0) is 23.5 Å². The maximum absolute atomic E-state index is 11.7. The van der Waals surface area contributed by atoms with Gasteiger partial charge in [0.2, 0.25) is 0 Å². The van der Waals surface area contributed by atoms with Crippen LogP contribution in [0.15, 0.2) is 64.8 Å². The van der Waals surface area contributed by atoms with E-state index in [9.17, 15) is 30.0 Å². The molecule has 0 aromatic heterocycles. The third-order valence-electron chi connectivity index (χ3n) is 4.24. The van der Waals surface area contributed by atoms with Gasteiger partial charge in [-0.15, -0.1) is 10.9 Å². The number of nitrogens with two attached hydrogens (primary N) is 1. The van der Waals surface area contributed by atoms with Crippen LogP contribution in [0.3, 0.4) is 0 Å². The molecule has 0 spiro atoms. The minimum absolute atomic E-state index is 0. The van der Waals surface area contributed by atoms with Crippen molar-refractivity contribution in [3.63, 3.8) is 0 Å². The summed E-state index contributed by atoms with van der Waals surface area (Å²) < 4.78 is 0. The summed E-state index contributed by atoms with van der Waals surface area (Å²) in [4.78, 5) is 22.9. The van der Waals surface area contributed by atoms with Crippen molar-refractivity contribution in [1.82, 2.24) is 0 Å². The van der Waals surface area contributed by atoms with Crippen LogP contribution in [0, 0.1) is 0 Å². The summed E-state index contributed by atoms with van der Waals surface area (Å²) in [5.74, 6) is -3.47. The molecule has 0 bridgehead atoms. The van der Waals surface area contributed by atoms with Gasteiger partial charge in [0.05, 0.1) is 16.8 Å². The van der Waals surface area contributed by atoms with Crippen molar-refractivity contribution in [2.24, 2.45) is 10.2 Å². The van der Waals surface area contributed by atoms with Gasteiger partial charge in [-0.05, 0) is 47.9 Å². The second-order valence-electron chi connectivity index (χ2n) is 6.39. The van der Waals surface area contributed by atoms with Crippen LogP contribution in [0.4, 0.5) is 17.1 Å². The molecule has 9 nitrogen and oxygen atoms in total. The van der Waals surface area contributed by atoms with Gasteiger partial charge in [0.25, 0.3) is 0 Å². The molecule has 0 aliphatic heterocycles. The van der Waals surface area contributed by atoms with Gasteiger partial charge in [-0.25, -0.2) is 9.59 Å². The van der Waals surface area contributed by atoms with E-state index in [0.29, 0.717) is 11.1 Å². The van der Waals surface area contributed by atoms with Gasteiger partial charge < -0.3 is 26.2 Å². The second-order valence-corrected chi connectivity index (χ2v) is 6.39. The number of carboxylic acid groups (broad SMARTS) is 2. The molecule has 3 aromatic rings. The quantitative estimate of drug-likeness (QED) is 0.283. The molecule has 3 aromatic carbocycles. The average Bonchev–Trinajstić information content (AvgIpc) is 2.69. The Morgan fingerprint density at radius 1 is 0.806 bits per heavy atom. The fraction of sp³-hybridized carbons (Fsp3) is 0.0476. The van der Waals surface area contributed by atoms with Crippen LogP contribution >= 0.6 is 0 Å². The number of carboxylic acids is 2. The molecule has 0 amide bonds. The van der Waals surface area contributed by atoms with E-state index in [1.54, 1.807) is 12.1 Å². The Morgan fingerprint density at radius 3 is 1.97 bits per heavy atom. The maximum Gasteiger partial charge on any atom is 2.00 e. The van der Waals surface area contributed by atoms with E-state index in [1.807, 2.05) is 0 Å². The molecular weight excluding hydrogens is 454 g/mol. The van der Waals surface area contributed by atoms with Gasteiger partial charge >= 0.3 is 29.0 Å². The van der Waals surface area contributed by atoms with Crippen LogP contribution in [0.2, 0.25) is 0 Å². The molecule has 0 saturated carbocycles. The van der Waals surface area contributed by atoms with E-state index in [2.05, 4.69) is 10.2 Å². The minimum Gasteiger partial charge on any atom is -0.872 e. The Balaban J connectivity index is 0.00000341. The van der Waals surface area contributed by atoms with E-state index in [4.69, 9.17) is 5.73 Å². The first-order chi connectivity index (χ1) is 14.2. The van der Waals surface area contributed by atoms with E-state index in [-0.39, 0.29) is 51.7 Å². The van der Waals surface area contributed by atoms with Crippen molar-refractivity contribution >= 4 is 29.0 Å². The minimum atomic E-state index is -1.24. The largest absolute Gasteiger partial charge is 2.00 e. The zero-order valence-electron chi connectivity index (χ0n) is 15.7. The Hall–Kier alpha value is -3.88. The van der Waals surface area contributed by atoms with Gasteiger partial charge in [-0.3, -0.25) is 0 Å². The molecule has 0 saturated heterocycles. The van der Waals surface area contributed by atoms with Crippen LogP contribution in [-0.4, -0.2) is 22.2 Å². The molecule has 3 rings (SSSR count). The van der Waals surface area contributed by atoms with Crippen molar-refractivity contribution in [3.05, 3.63) is 76.9 Å². The van der Waals surface area contributed by atoms with Crippen LogP contribution in [0.5, 0.6) is 11.5 Å². The zero-order chi connectivity index (χ0) is 21.8. The Bertz CT molecular complexity index is 1180. The van der Waals surface area contributed by atoms with Crippen molar-refractivity contribution < 1.29 is 47.1 Å². The number of anilines is 1. The van der Waals surface area contributed by atoms with E-state index in [1.165, 1.54) is 30.3 Å². The number of aromatic carboxylic acids is 2. The van der Waals surface area contributed by atoms with Gasteiger partial charge in [-0.2, -0.15) is 5.11 Å². The Kier molecular flexibility index (Phi) is 7.36. The first-order valence-electron chi connectivity index (χ1n) is 8.62. The van der Waals surface area contributed by atoms with Gasteiger partial charge in [0.1, 0.15) is 5.69 Å². The molecule has 1 radical (unpaired) electrons. The monoisotopic (exact) mass is 468 g/mol. The molecule has 0 aliphatic rings. The van der Waals surface area contributed by atoms with Gasteiger partial charge in [-0.1, -0.05) is 30.0 Å². The second kappa shape index (κ2) is 9.75. The topological polar surface area (TPSA) is 171 Å². The number of hydrogen-bond donors (Lipinski definition) is 3. The van der Waals surface area contributed by atoms with Crippen molar-refractivity contribution in [2.75, 3.05) is 5.73 Å². The molecule has 4 N–H and O–H groups in total. The van der Waals surface area contributed by atoms with E-state index < -0.39 is 23.4 Å². The van der Waals surface area contributed by atoms with Gasteiger partial charge in [0.15, 0.2) is 0 Å². The SMILES string of the molecule is Nc1ccc(Cc2ccc(N=Nc3ccc([O-])cc3[O-])c(C(=O)O)c2)cc1C(=O)O.[Cu+2]. The summed E-state index contributed by atoms with van der Waals surface area (Å²) in [5, 5.41) is 49.1. The number of nitrogens with zero attached hydrogens (tertiary/aromatic N) is 2. The summed E-state index contributed by atoms with van der Waals surface area (Å²) in [6, 6.07) is 12.3. The fourth-order valence-corrected chi connectivity index (χ4v) is 2.77. The van der Waals surface area contributed by atoms with Crippen molar-refractivity contribution in [3.8, 4) is 11.5 Å². The molecule has 31 heavy (non-hydrogen) atoms. The summed E-state index contributed by atoms with van der Waals surface area (Å²) in [5.41, 5.74) is 6.79. The molecule has 0 fully saturated rings. The standard InChI is InChI=1S/C21H17N3O6.Cu/c22-16-4-1-11(8-14(16)20(27)28)7-12-2-5-17(15(9-12)21(29)30)23-24-18-6-3-13(25)10-19(18)26;/h1-6,8-10,25-26H,7,22H2,(H,27,28)(H,29,30);/q;+2/p-2. The third-order valence-corrected chi connectivity index (χ3v) is 4.24. The Morgan fingerprint density at radius 2 is 1.35 bits per heavy atom. The number of nitrogen functional groups attached to an aromatic ring is 1. The third kappa shape index (κ3) is 5.59. The number of azo groups is 1.